The molecule has 0 spiro atoms. The fourth-order valence-electron chi connectivity index (χ4n) is 3.48. The molecule has 1 aromatic carbocycles. The Bertz CT molecular complexity index is 1270. The minimum Gasteiger partial charge on any atom is -0.457 e. The van der Waals surface area contributed by atoms with Crippen molar-refractivity contribution in [3.63, 3.8) is 0 Å². The molecular formula is C22H15N3O6. The molecule has 1 aromatic heterocycles. The number of benzene rings is 1. The van der Waals surface area contributed by atoms with Gasteiger partial charge < -0.3 is 9.52 Å². The first kappa shape index (κ1) is 20.0. The Morgan fingerprint density at radius 2 is 1.84 bits per heavy atom. The molecule has 4 rings (SSSR count). The van der Waals surface area contributed by atoms with Gasteiger partial charge >= 0.3 is 0 Å². The second kappa shape index (κ2) is 7.51. The number of rotatable bonds is 4. The predicted octanol–water partition coefficient (Wildman–Crippen LogP) is 1.41. The fraction of sp³-hybridized carbons (Fsp3) is 0.136. The molecular weight excluding hydrogens is 402 g/mol. The van der Waals surface area contributed by atoms with Gasteiger partial charge in [-0.05, 0) is 42.8 Å². The van der Waals surface area contributed by atoms with Gasteiger partial charge in [-0.3, -0.25) is 29.4 Å². The molecule has 3 heterocycles. The molecule has 0 saturated heterocycles. The van der Waals surface area contributed by atoms with Gasteiger partial charge in [0.1, 0.15) is 23.2 Å². The summed E-state index contributed by atoms with van der Waals surface area (Å²) in [5.74, 6) is -1.64. The van der Waals surface area contributed by atoms with Crippen LogP contribution in [0.25, 0.3) is 17.4 Å². The molecule has 9 nitrogen and oxygen atoms in total. The van der Waals surface area contributed by atoms with Gasteiger partial charge in [-0.15, -0.1) is 0 Å². The van der Waals surface area contributed by atoms with Crippen LogP contribution in [-0.2, 0) is 9.59 Å². The molecule has 154 valence electrons. The summed E-state index contributed by atoms with van der Waals surface area (Å²) in [5.41, 5.74) is 1.23. The third-order valence-electron chi connectivity index (χ3n) is 5.08. The molecule has 0 saturated carbocycles. The summed E-state index contributed by atoms with van der Waals surface area (Å²) in [6.07, 6.45) is 1.42. The SMILES string of the molecule is CC1=C(C#N)C(=O)N(CCO)C(=O)/C1=C/c1ccc(-c2ccc3c(c2)C(=O)NC3=O)o1. The summed E-state index contributed by atoms with van der Waals surface area (Å²) in [7, 11) is 0. The van der Waals surface area contributed by atoms with E-state index in [0.717, 1.165) is 4.90 Å². The van der Waals surface area contributed by atoms with Crippen LogP contribution in [0.1, 0.15) is 33.4 Å². The average Bonchev–Trinajstić information content (AvgIpc) is 3.33. The van der Waals surface area contributed by atoms with Crippen LogP contribution in [-0.4, -0.2) is 46.8 Å². The number of aliphatic hydroxyl groups is 1. The minimum absolute atomic E-state index is 0.101. The van der Waals surface area contributed by atoms with E-state index in [1.165, 1.54) is 25.1 Å². The first-order valence-corrected chi connectivity index (χ1v) is 9.25. The Hall–Kier alpha value is -4.29. The fourth-order valence-corrected chi connectivity index (χ4v) is 3.48. The van der Waals surface area contributed by atoms with Crippen molar-refractivity contribution < 1.29 is 28.7 Å². The lowest BCUT2D eigenvalue weighted by Crippen LogP contribution is -2.44. The zero-order valence-corrected chi connectivity index (χ0v) is 16.3. The molecule has 2 aromatic rings. The summed E-state index contributed by atoms with van der Waals surface area (Å²) >= 11 is 0. The number of nitrogens with zero attached hydrogens (tertiary/aromatic N) is 2. The zero-order chi connectivity index (χ0) is 22.3. The molecule has 0 atom stereocenters. The van der Waals surface area contributed by atoms with Gasteiger partial charge in [0.25, 0.3) is 23.6 Å². The molecule has 0 unspecified atom stereocenters. The molecule has 2 N–H and O–H groups in total. The van der Waals surface area contributed by atoms with Crippen molar-refractivity contribution in [1.82, 2.24) is 10.2 Å². The molecule has 31 heavy (non-hydrogen) atoms. The first-order chi connectivity index (χ1) is 14.8. The van der Waals surface area contributed by atoms with Crippen molar-refractivity contribution in [2.24, 2.45) is 0 Å². The molecule has 2 aliphatic rings. The van der Waals surface area contributed by atoms with Gasteiger partial charge in [0, 0.05) is 11.1 Å². The largest absolute Gasteiger partial charge is 0.457 e. The van der Waals surface area contributed by atoms with E-state index >= 15 is 0 Å². The quantitative estimate of drug-likeness (QED) is 0.566. The topological polar surface area (TPSA) is 141 Å². The highest BCUT2D eigenvalue weighted by Gasteiger charge is 2.35. The lowest BCUT2D eigenvalue weighted by molar-refractivity contribution is -0.141. The number of amides is 4. The maximum absolute atomic E-state index is 12.7. The molecule has 0 aliphatic carbocycles. The van der Waals surface area contributed by atoms with Crippen LogP contribution < -0.4 is 5.32 Å². The number of hydrogen-bond donors (Lipinski definition) is 2. The van der Waals surface area contributed by atoms with Gasteiger partial charge in [-0.2, -0.15) is 5.26 Å². The van der Waals surface area contributed by atoms with Gasteiger partial charge in [-0.1, -0.05) is 6.07 Å². The lowest BCUT2D eigenvalue weighted by atomic mass is 9.95. The molecule has 2 aliphatic heterocycles. The van der Waals surface area contributed by atoms with Gasteiger partial charge in [0.2, 0.25) is 0 Å². The van der Waals surface area contributed by atoms with Gasteiger partial charge in [-0.25, -0.2) is 0 Å². The van der Waals surface area contributed by atoms with E-state index in [9.17, 15) is 24.4 Å². The Kier molecular flexibility index (Phi) is 4.85. The molecule has 0 bridgehead atoms. The summed E-state index contributed by atoms with van der Waals surface area (Å²) < 4.78 is 5.78. The third-order valence-corrected chi connectivity index (χ3v) is 5.08. The molecule has 0 fully saturated rings. The van der Waals surface area contributed by atoms with Crippen molar-refractivity contribution in [3.8, 4) is 17.4 Å². The van der Waals surface area contributed by atoms with E-state index < -0.39 is 30.2 Å². The summed E-state index contributed by atoms with van der Waals surface area (Å²) in [5, 5.41) is 20.7. The maximum atomic E-state index is 12.7. The van der Waals surface area contributed by atoms with Crippen LogP contribution in [0.4, 0.5) is 0 Å². The second-order valence-electron chi connectivity index (χ2n) is 6.90. The van der Waals surface area contributed by atoms with E-state index in [1.807, 2.05) is 6.07 Å². The number of nitrogens with one attached hydrogen (secondary N) is 1. The van der Waals surface area contributed by atoms with Crippen LogP contribution in [0.3, 0.4) is 0 Å². The smallest absolute Gasteiger partial charge is 0.271 e. The van der Waals surface area contributed by atoms with Crippen LogP contribution in [0, 0.1) is 11.3 Å². The number of imide groups is 2. The minimum atomic E-state index is -0.748. The highest BCUT2D eigenvalue weighted by molar-refractivity contribution is 6.22. The molecule has 9 heteroatoms. The van der Waals surface area contributed by atoms with Crippen LogP contribution in [0.5, 0.6) is 0 Å². The van der Waals surface area contributed by atoms with Crippen molar-refractivity contribution in [3.05, 3.63) is 63.9 Å². The number of aliphatic hydroxyl groups excluding tert-OH is 1. The van der Waals surface area contributed by atoms with Crippen LogP contribution in [0.15, 0.2) is 51.5 Å². The maximum Gasteiger partial charge on any atom is 0.271 e. The monoisotopic (exact) mass is 417 g/mol. The highest BCUT2D eigenvalue weighted by Crippen LogP contribution is 2.30. The second-order valence-corrected chi connectivity index (χ2v) is 6.90. The van der Waals surface area contributed by atoms with E-state index in [-0.39, 0.29) is 40.2 Å². The molecule has 4 amide bonds. The van der Waals surface area contributed by atoms with Gasteiger partial charge in [0.15, 0.2) is 0 Å². The average molecular weight is 417 g/mol. The Morgan fingerprint density at radius 3 is 2.55 bits per heavy atom. The normalized spacial score (nSPS) is 17.3. The predicted molar refractivity (Wildman–Crippen MR) is 106 cm³/mol. The van der Waals surface area contributed by atoms with Gasteiger partial charge in [0.05, 0.1) is 24.3 Å². The number of furan rings is 1. The number of nitriles is 1. The Labute approximate surface area is 175 Å². The van der Waals surface area contributed by atoms with E-state index in [1.54, 1.807) is 18.2 Å². The number of carbonyl (C=O) groups is 4. The van der Waals surface area contributed by atoms with Crippen molar-refractivity contribution >= 4 is 29.7 Å². The Morgan fingerprint density at radius 1 is 1.10 bits per heavy atom. The van der Waals surface area contributed by atoms with E-state index in [0.29, 0.717) is 11.3 Å². The Balaban J connectivity index is 1.72. The van der Waals surface area contributed by atoms with Crippen molar-refractivity contribution in [2.45, 2.75) is 6.92 Å². The van der Waals surface area contributed by atoms with Crippen LogP contribution >= 0.6 is 0 Å². The summed E-state index contributed by atoms with van der Waals surface area (Å²) in [4.78, 5) is 49.4. The number of β-amino-alcohol motifs (C(OH)–C–C–N with tert-alkyl or cyclic N) is 1. The van der Waals surface area contributed by atoms with E-state index in [4.69, 9.17) is 9.52 Å². The summed E-state index contributed by atoms with van der Waals surface area (Å²) in [6, 6.07) is 9.75. The zero-order valence-electron chi connectivity index (χ0n) is 16.3. The summed E-state index contributed by atoms with van der Waals surface area (Å²) in [6.45, 7) is 0.838. The van der Waals surface area contributed by atoms with Crippen molar-refractivity contribution in [1.29, 1.82) is 5.26 Å². The third kappa shape index (κ3) is 3.25. The number of fused-ring (bicyclic) bond motifs is 1. The van der Waals surface area contributed by atoms with Crippen molar-refractivity contribution in [2.75, 3.05) is 13.2 Å². The number of hydrogen-bond acceptors (Lipinski definition) is 7. The highest BCUT2D eigenvalue weighted by atomic mass is 16.3. The standard InChI is InChI=1S/C22H15N3O6/c1-11-15(21(29)25(6-7-26)22(30)17(11)10-23)9-13-3-5-18(31-13)12-2-4-14-16(8-12)20(28)24-19(14)27/h2-5,8-9,26H,6-7H2,1H3,(H,24,27,28)/b15-9+. The first-order valence-electron chi connectivity index (χ1n) is 9.25. The number of carbonyl (C=O) groups excluding carboxylic acids is 4. The van der Waals surface area contributed by atoms with Crippen LogP contribution in [0.2, 0.25) is 0 Å². The lowest BCUT2D eigenvalue weighted by Gasteiger charge is -2.26. The molecule has 0 radical (unpaired) electrons. The van der Waals surface area contributed by atoms with E-state index in [2.05, 4.69) is 5.32 Å².